The van der Waals surface area contributed by atoms with Gasteiger partial charge in [-0.3, -0.25) is 4.79 Å². The average Bonchev–Trinajstić information content (AvgIpc) is 3.24. The summed E-state index contributed by atoms with van der Waals surface area (Å²) in [4.78, 5) is 17.7. The summed E-state index contributed by atoms with van der Waals surface area (Å²) in [6, 6.07) is 21.2. The molecule has 0 aliphatic carbocycles. The molecule has 0 bridgehead atoms. The Hall–Kier alpha value is -3.80. The number of nitrogens with one attached hydrogen (secondary N) is 1. The Morgan fingerprint density at radius 1 is 0.971 bits per heavy atom. The molecular weight excluding hydrogens is 438 g/mol. The summed E-state index contributed by atoms with van der Waals surface area (Å²) in [6.07, 6.45) is 1.86. The lowest BCUT2D eigenvalue weighted by molar-refractivity contribution is 0.0937. The molecule has 35 heavy (non-hydrogen) atoms. The van der Waals surface area contributed by atoms with Crippen molar-refractivity contribution in [2.45, 2.75) is 46.2 Å². The zero-order valence-corrected chi connectivity index (χ0v) is 20.9. The fraction of sp³-hybridized carbons (Fsp3) is 0.310. The number of aromatic nitrogens is 2. The SMILES string of the molecule is COc1ccc(C(=O)NC(C)c2nc3ccccc3n2CCCCOc2ccc(C)c(C)c2)cc1. The first kappa shape index (κ1) is 24.3. The van der Waals surface area contributed by atoms with Gasteiger partial charge < -0.3 is 19.4 Å². The lowest BCUT2D eigenvalue weighted by atomic mass is 10.1. The van der Waals surface area contributed by atoms with Gasteiger partial charge in [-0.15, -0.1) is 0 Å². The summed E-state index contributed by atoms with van der Waals surface area (Å²) in [5.41, 5.74) is 5.10. The first-order chi connectivity index (χ1) is 17.0. The van der Waals surface area contributed by atoms with Crippen LogP contribution in [-0.4, -0.2) is 29.2 Å². The van der Waals surface area contributed by atoms with Crippen LogP contribution < -0.4 is 14.8 Å². The Morgan fingerprint density at radius 3 is 2.46 bits per heavy atom. The molecule has 182 valence electrons. The monoisotopic (exact) mass is 471 g/mol. The standard InChI is InChI=1S/C29H33N3O3/c1-20-11-14-25(19-21(20)2)35-18-8-7-17-32-27-10-6-5-9-26(27)31-28(32)22(3)30-29(33)23-12-15-24(34-4)16-13-23/h5-6,9-16,19,22H,7-8,17-18H2,1-4H3,(H,30,33). The smallest absolute Gasteiger partial charge is 0.251 e. The highest BCUT2D eigenvalue weighted by atomic mass is 16.5. The molecule has 0 aliphatic rings. The first-order valence-electron chi connectivity index (χ1n) is 12.1. The van der Waals surface area contributed by atoms with Crippen molar-refractivity contribution in [3.05, 3.63) is 89.2 Å². The highest BCUT2D eigenvalue weighted by Gasteiger charge is 2.19. The van der Waals surface area contributed by atoms with Gasteiger partial charge in [0.15, 0.2) is 0 Å². The summed E-state index contributed by atoms with van der Waals surface area (Å²) in [7, 11) is 1.61. The maximum absolute atomic E-state index is 12.8. The number of carbonyl (C=O) groups is 1. The molecular formula is C29H33N3O3. The minimum absolute atomic E-state index is 0.138. The molecule has 6 heteroatoms. The number of para-hydroxylation sites is 2. The Morgan fingerprint density at radius 2 is 1.71 bits per heavy atom. The fourth-order valence-electron chi connectivity index (χ4n) is 4.11. The van der Waals surface area contributed by atoms with Gasteiger partial charge in [-0.1, -0.05) is 18.2 Å². The van der Waals surface area contributed by atoms with Crippen LogP contribution in [0.15, 0.2) is 66.7 Å². The van der Waals surface area contributed by atoms with Crippen LogP contribution >= 0.6 is 0 Å². The van der Waals surface area contributed by atoms with Crippen molar-refractivity contribution in [2.75, 3.05) is 13.7 Å². The second-order valence-corrected chi connectivity index (χ2v) is 8.84. The van der Waals surface area contributed by atoms with E-state index in [1.807, 2.05) is 31.2 Å². The van der Waals surface area contributed by atoms with Crippen molar-refractivity contribution in [3.8, 4) is 11.5 Å². The first-order valence-corrected chi connectivity index (χ1v) is 12.1. The molecule has 4 aromatic rings. The molecule has 0 saturated carbocycles. The number of benzene rings is 3. The van der Waals surface area contributed by atoms with Gasteiger partial charge in [0.2, 0.25) is 0 Å². The van der Waals surface area contributed by atoms with E-state index in [1.54, 1.807) is 31.4 Å². The molecule has 0 aliphatic heterocycles. The molecule has 1 aromatic heterocycles. The van der Waals surface area contributed by atoms with Gasteiger partial charge in [0, 0.05) is 12.1 Å². The number of unbranched alkanes of at least 4 members (excludes halogenated alkanes) is 1. The van der Waals surface area contributed by atoms with E-state index in [2.05, 4.69) is 41.9 Å². The summed E-state index contributed by atoms with van der Waals surface area (Å²) >= 11 is 0. The van der Waals surface area contributed by atoms with Gasteiger partial charge in [0.05, 0.1) is 30.8 Å². The van der Waals surface area contributed by atoms with Crippen LogP contribution in [0.25, 0.3) is 11.0 Å². The molecule has 1 atom stereocenters. The molecule has 1 N–H and O–H groups in total. The predicted molar refractivity (Wildman–Crippen MR) is 139 cm³/mol. The van der Waals surface area contributed by atoms with E-state index >= 15 is 0 Å². The van der Waals surface area contributed by atoms with Crippen LogP contribution in [0, 0.1) is 13.8 Å². The number of amides is 1. The Labute approximate surface area is 206 Å². The number of fused-ring (bicyclic) bond motifs is 1. The number of methoxy groups -OCH3 is 1. The molecule has 1 heterocycles. The van der Waals surface area contributed by atoms with Gasteiger partial charge in [-0.2, -0.15) is 0 Å². The minimum Gasteiger partial charge on any atom is -0.497 e. The second-order valence-electron chi connectivity index (χ2n) is 8.84. The van der Waals surface area contributed by atoms with Gasteiger partial charge in [0.1, 0.15) is 17.3 Å². The van der Waals surface area contributed by atoms with Crippen molar-refractivity contribution in [2.24, 2.45) is 0 Å². The van der Waals surface area contributed by atoms with Crippen molar-refractivity contribution >= 4 is 16.9 Å². The highest BCUT2D eigenvalue weighted by Crippen LogP contribution is 2.23. The van der Waals surface area contributed by atoms with Crippen LogP contribution in [0.4, 0.5) is 0 Å². The third-order valence-corrected chi connectivity index (χ3v) is 6.29. The van der Waals surface area contributed by atoms with Crippen LogP contribution in [0.1, 0.15) is 53.1 Å². The molecule has 0 saturated heterocycles. The number of aryl methyl sites for hydroxylation is 3. The molecule has 6 nitrogen and oxygen atoms in total. The van der Waals surface area contributed by atoms with Crippen LogP contribution in [0.2, 0.25) is 0 Å². The van der Waals surface area contributed by atoms with Gasteiger partial charge in [-0.25, -0.2) is 4.98 Å². The molecule has 1 unspecified atom stereocenters. The normalized spacial score (nSPS) is 11.9. The lowest BCUT2D eigenvalue weighted by Gasteiger charge is -2.17. The molecule has 4 rings (SSSR count). The zero-order valence-electron chi connectivity index (χ0n) is 20.9. The van der Waals surface area contributed by atoms with Crippen LogP contribution in [0.3, 0.4) is 0 Å². The van der Waals surface area contributed by atoms with Crippen molar-refractivity contribution < 1.29 is 14.3 Å². The van der Waals surface area contributed by atoms with Gasteiger partial charge >= 0.3 is 0 Å². The van der Waals surface area contributed by atoms with Crippen LogP contribution in [-0.2, 0) is 6.54 Å². The molecule has 1 amide bonds. The fourth-order valence-corrected chi connectivity index (χ4v) is 4.11. The number of imidazole rings is 1. The predicted octanol–water partition coefficient (Wildman–Crippen LogP) is 6.01. The van der Waals surface area contributed by atoms with Gasteiger partial charge in [-0.05, 0) is 93.3 Å². The number of carbonyl (C=O) groups excluding carboxylic acids is 1. The summed E-state index contributed by atoms with van der Waals surface area (Å²) < 4.78 is 13.4. The number of ether oxygens (including phenoxy) is 2. The van der Waals surface area contributed by atoms with E-state index in [1.165, 1.54) is 11.1 Å². The van der Waals surface area contributed by atoms with E-state index in [-0.39, 0.29) is 11.9 Å². The Kier molecular flexibility index (Phi) is 7.70. The van der Waals surface area contributed by atoms with E-state index < -0.39 is 0 Å². The molecule has 0 spiro atoms. The molecule has 3 aromatic carbocycles. The summed E-state index contributed by atoms with van der Waals surface area (Å²) in [5.74, 6) is 2.35. The Bertz CT molecular complexity index is 1290. The third kappa shape index (κ3) is 5.83. The summed E-state index contributed by atoms with van der Waals surface area (Å²) in [6.45, 7) is 7.64. The second kappa shape index (κ2) is 11.1. The molecule has 0 radical (unpaired) electrons. The maximum atomic E-state index is 12.8. The van der Waals surface area contributed by atoms with Crippen molar-refractivity contribution in [1.82, 2.24) is 14.9 Å². The van der Waals surface area contributed by atoms with Crippen molar-refractivity contribution in [3.63, 3.8) is 0 Å². The van der Waals surface area contributed by atoms with E-state index in [0.29, 0.717) is 12.2 Å². The number of hydrogen-bond acceptors (Lipinski definition) is 4. The van der Waals surface area contributed by atoms with Gasteiger partial charge in [0.25, 0.3) is 5.91 Å². The third-order valence-electron chi connectivity index (χ3n) is 6.29. The van der Waals surface area contributed by atoms with Crippen molar-refractivity contribution in [1.29, 1.82) is 0 Å². The quantitative estimate of drug-likeness (QED) is 0.288. The number of hydrogen-bond donors (Lipinski definition) is 1. The molecule has 0 fully saturated rings. The summed E-state index contributed by atoms with van der Waals surface area (Å²) in [5, 5.41) is 3.10. The number of rotatable bonds is 10. The largest absolute Gasteiger partial charge is 0.497 e. The van der Waals surface area contributed by atoms with E-state index in [9.17, 15) is 4.79 Å². The van der Waals surface area contributed by atoms with E-state index in [0.717, 1.165) is 47.7 Å². The maximum Gasteiger partial charge on any atom is 0.251 e. The van der Waals surface area contributed by atoms with E-state index in [4.69, 9.17) is 14.5 Å². The zero-order chi connectivity index (χ0) is 24.8. The minimum atomic E-state index is -0.246. The number of nitrogens with zero attached hydrogens (tertiary/aromatic N) is 2. The average molecular weight is 472 g/mol. The topological polar surface area (TPSA) is 65.4 Å². The Balaban J connectivity index is 1.41. The highest BCUT2D eigenvalue weighted by molar-refractivity contribution is 5.94. The van der Waals surface area contributed by atoms with Crippen LogP contribution in [0.5, 0.6) is 11.5 Å². The lowest BCUT2D eigenvalue weighted by Crippen LogP contribution is -2.28.